The number of fused-ring (bicyclic) bond motifs is 1. The minimum absolute atomic E-state index is 0.0960. The highest BCUT2D eigenvalue weighted by atomic mass is 16.5. The van der Waals surface area contributed by atoms with Crippen LogP contribution in [-0.2, 0) is 24.1 Å². The average molecular weight is 345 g/mol. The van der Waals surface area contributed by atoms with E-state index >= 15 is 0 Å². The molecule has 1 aliphatic carbocycles. The first-order chi connectivity index (χ1) is 12.3. The van der Waals surface area contributed by atoms with Gasteiger partial charge in [0.05, 0.1) is 11.8 Å². The van der Waals surface area contributed by atoms with Crippen molar-refractivity contribution in [3.05, 3.63) is 27.7 Å². The Labute approximate surface area is 150 Å². The summed E-state index contributed by atoms with van der Waals surface area (Å²) in [6, 6.07) is 1.84. The molecule has 1 aromatic heterocycles. The fraction of sp³-hybridized carbons (Fsp3) is 0.800. The Balaban J connectivity index is 1.30. The number of hydrogen-bond acceptors (Lipinski definition) is 4. The summed E-state index contributed by atoms with van der Waals surface area (Å²) >= 11 is 0. The van der Waals surface area contributed by atoms with Gasteiger partial charge < -0.3 is 9.64 Å². The van der Waals surface area contributed by atoms with Gasteiger partial charge in [0.2, 0.25) is 0 Å². The predicted molar refractivity (Wildman–Crippen MR) is 97.9 cm³/mol. The molecule has 0 radical (unpaired) electrons. The Bertz CT molecular complexity index is 628. The first kappa shape index (κ1) is 17.2. The van der Waals surface area contributed by atoms with Gasteiger partial charge >= 0.3 is 0 Å². The summed E-state index contributed by atoms with van der Waals surface area (Å²) < 4.78 is 7.62. The van der Waals surface area contributed by atoms with E-state index in [2.05, 4.69) is 4.90 Å². The standard InChI is InChI=1S/C20H31N3O2/c24-20-13-17-5-1-2-7-19(17)21-23(20)14-16-8-10-22(11-9-16)15-18-6-3-4-12-25-18/h13,16,18H,1-12,14-15H2. The molecule has 25 heavy (non-hydrogen) atoms. The zero-order chi connectivity index (χ0) is 17.1. The van der Waals surface area contributed by atoms with Crippen LogP contribution in [0.4, 0.5) is 0 Å². The van der Waals surface area contributed by atoms with Gasteiger partial charge in [0.25, 0.3) is 5.56 Å². The number of hydrogen-bond donors (Lipinski definition) is 0. The molecule has 0 amide bonds. The van der Waals surface area contributed by atoms with Crippen LogP contribution < -0.4 is 5.56 Å². The van der Waals surface area contributed by atoms with Crippen molar-refractivity contribution in [2.24, 2.45) is 5.92 Å². The predicted octanol–water partition coefficient (Wildman–Crippen LogP) is 2.40. The number of rotatable bonds is 4. The van der Waals surface area contributed by atoms with Gasteiger partial charge in [-0.15, -0.1) is 0 Å². The molecule has 1 unspecified atom stereocenters. The van der Waals surface area contributed by atoms with Crippen LogP contribution in [0.2, 0.25) is 0 Å². The summed E-state index contributed by atoms with van der Waals surface area (Å²) in [7, 11) is 0. The van der Waals surface area contributed by atoms with E-state index in [0.29, 0.717) is 12.0 Å². The zero-order valence-electron chi connectivity index (χ0n) is 15.3. The van der Waals surface area contributed by atoms with E-state index in [-0.39, 0.29) is 5.56 Å². The van der Waals surface area contributed by atoms with E-state index in [1.807, 2.05) is 6.07 Å². The van der Waals surface area contributed by atoms with Gasteiger partial charge in [-0.2, -0.15) is 5.10 Å². The number of likely N-dealkylation sites (tertiary alicyclic amines) is 1. The van der Waals surface area contributed by atoms with Gasteiger partial charge in [0.15, 0.2) is 0 Å². The van der Waals surface area contributed by atoms with Crippen LogP contribution >= 0.6 is 0 Å². The Hall–Kier alpha value is -1.20. The maximum atomic E-state index is 12.4. The van der Waals surface area contributed by atoms with Crippen LogP contribution in [0.15, 0.2) is 10.9 Å². The summed E-state index contributed by atoms with van der Waals surface area (Å²) in [5, 5.41) is 4.69. The molecular formula is C20H31N3O2. The summed E-state index contributed by atoms with van der Waals surface area (Å²) in [5.74, 6) is 0.579. The number of aromatic nitrogens is 2. The first-order valence-electron chi connectivity index (χ1n) is 10.2. The molecule has 3 aliphatic rings. The Kier molecular flexibility index (Phi) is 5.51. The molecule has 3 heterocycles. The number of piperidine rings is 1. The second kappa shape index (κ2) is 8.00. The second-order valence-electron chi connectivity index (χ2n) is 8.08. The molecular weight excluding hydrogens is 314 g/mol. The van der Waals surface area contributed by atoms with Crippen LogP contribution in [0, 0.1) is 5.92 Å². The summed E-state index contributed by atoms with van der Waals surface area (Å²) in [6.45, 7) is 5.08. The van der Waals surface area contributed by atoms with Crippen molar-refractivity contribution in [3.63, 3.8) is 0 Å². The van der Waals surface area contributed by atoms with E-state index in [0.717, 1.165) is 64.2 Å². The minimum atomic E-state index is 0.0960. The normalized spacial score (nSPS) is 25.7. The van der Waals surface area contributed by atoms with Crippen LogP contribution in [0.3, 0.4) is 0 Å². The fourth-order valence-electron chi connectivity index (χ4n) is 4.57. The molecule has 2 aliphatic heterocycles. The van der Waals surface area contributed by atoms with Gasteiger partial charge in [0, 0.05) is 25.8 Å². The largest absolute Gasteiger partial charge is 0.377 e. The van der Waals surface area contributed by atoms with E-state index in [4.69, 9.17) is 9.84 Å². The summed E-state index contributed by atoms with van der Waals surface area (Å²) in [5.41, 5.74) is 2.45. The van der Waals surface area contributed by atoms with E-state index < -0.39 is 0 Å². The SMILES string of the molecule is O=c1cc2c(nn1CC1CCN(CC3CCCCO3)CC1)CCCC2. The van der Waals surface area contributed by atoms with Gasteiger partial charge in [-0.25, -0.2) is 4.68 Å². The highest BCUT2D eigenvalue weighted by molar-refractivity contribution is 5.20. The molecule has 1 atom stereocenters. The highest BCUT2D eigenvalue weighted by Gasteiger charge is 2.24. The number of ether oxygens (including phenoxy) is 1. The van der Waals surface area contributed by atoms with E-state index in [1.54, 1.807) is 4.68 Å². The van der Waals surface area contributed by atoms with E-state index in [1.165, 1.54) is 37.7 Å². The molecule has 5 nitrogen and oxygen atoms in total. The van der Waals surface area contributed by atoms with Crippen molar-refractivity contribution in [2.75, 3.05) is 26.2 Å². The van der Waals surface area contributed by atoms with Crippen LogP contribution in [-0.4, -0.2) is 47.0 Å². The lowest BCUT2D eigenvalue weighted by atomic mass is 9.95. The number of aryl methyl sites for hydroxylation is 2. The van der Waals surface area contributed by atoms with Gasteiger partial charge in [0.1, 0.15) is 0 Å². The lowest BCUT2D eigenvalue weighted by Gasteiger charge is -2.35. The summed E-state index contributed by atoms with van der Waals surface area (Å²) in [6.07, 6.45) is 11.0. The Morgan fingerprint density at radius 2 is 1.88 bits per heavy atom. The minimum Gasteiger partial charge on any atom is -0.377 e. The average Bonchev–Trinajstić information content (AvgIpc) is 2.65. The first-order valence-corrected chi connectivity index (χ1v) is 10.2. The third-order valence-electron chi connectivity index (χ3n) is 6.15. The van der Waals surface area contributed by atoms with Crippen LogP contribution in [0.25, 0.3) is 0 Å². The van der Waals surface area contributed by atoms with Crippen molar-refractivity contribution in [2.45, 2.75) is 70.4 Å². The zero-order valence-corrected chi connectivity index (χ0v) is 15.3. The van der Waals surface area contributed by atoms with E-state index in [9.17, 15) is 4.79 Å². The van der Waals surface area contributed by atoms with Crippen molar-refractivity contribution in [1.82, 2.24) is 14.7 Å². The quantitative estimate of drug-likeness (QED) is 0.841. The molecule has 0 aromatic carbocycles. The molecule has 0 bridgehead atoms. The van der Waals surface area contributed by atoms with Crippen LogP contribution in [0.1, 0.15) is 56.2 Å². The lowest BCUT2D eigenvalue weighted by molar-refractivity contribution is -0.0118. The molecule has 0 saturated carbocycles. The van der Waals surface area contributed by atoms with Gasteiger partial charge in [-0.3, -0.25) is 4.79 Å². The fourth-order valence-corrected chi connectivity index (χ4v) is 4.57. The third kappa shape index (κ3) is 4.32. The third-order valence-corrected chi connectivity index (χ3v) is 6.15. The summed E-state index contributed by atoms with van der Waals surface area (Å²) in [4.78, 5) is 14.9. The molecule has 4 rings (SSSR count). The molecule has 2 fully saturated rings. The van der Waals surface area contributed by atoms with Crippen molar-refractivity contribution in [3.8, 4) is 0 Å². The van der Waals surface area contributed by atoms with Gasteiger partial charge in [-0.1, -0.05) is 0 Å². The van der Waals surface area contributed by atoms with Crippen molar-refractivity contribution >= 4 is 0 Å². The smallest absolute Gasteiger partial charge is 0.267 e. The molecule has 0 N–H and O–H groups in total. The Morgan fingerprint density at radius 3 is 2.68 bits per heavy atom. The topological polar surface area (TPSA) is 47.4 Å². The number of nitrogens with zero attached hydrogens (tertiary/aromatic N) is 3. The molecule has 0 spiro atoms. The molecule has 138 valence electrons. The Morgan fingerprint density at radius 1 is 1.04 bits per heavy atom. The van der Waals surface area contributed by atoms with Crippen LogP contribution in [0.5, 0.6) is 0 Å². The van der Waals surface area contributed by atoms with Gasteiger partial charge in [-0.05, 0) is 82.4 Å². The monoisotopic (exact) mass is 345 g/mol. The van der Waals surface area contributed by atoms with Crippen molar-refractivity contribution in [1.29, 1.82) is 0 Å². The molecule has 1 aromatic rings. The second-order valence-corrected chi connectivity index (χ2v) is 8.08. The lowest BCUT2D eigenvalue weighted by Crippen LogP contribution is -2.42. The molecule has 5 heteroatoms. The van der Waals surface area contributed by atoms with Crippen molar-refractivity contribution < 1.29 is 4.74 Å². The maximum Gasteiger partial charge on any atom is 0.267 e. The maximum absolute atomic E-state index is 12.4. The molecule has 2 saturated heterocycles. The highest BCUT2D eigenvalue weighted by Crippen LogP contribution is 2.22.